The van der Waals surface area contributed by atoms with E-state index in [1.807, 2.05) is 0 Å². The van der Waals surface area contributed by atoms with E-state index in [4.69, 9.17) is 4.42 Å². The number of fused-ring (bicyclic) bond motifs is 1. The summed E-state index contributed by atoms with van der Waals surface area (Å²) >= 11 is 1.34. The number of nitrogens with zero attached hydrogens (tertiary/aromatic N) is 4. The molecule has 9 heteroatoms. The van der Waals surface area contributed by atoms with Gasteiger partial charge in [0.1, 0.15) is 11.5 Å². The van der Waals surface area contributed by atoms with Crippen molar-refractivity contribution in [2.45, 2.75) is 26.3 Å². The number of amides is 1. The summed E-state index contributed by atoms with van der Waals surface area (Å²) in [6.07, 6.45) is 3.86. The Kier molecular flexibility index (Phi) is 4.46. The van der Waals surface area contributed by atoms with Gasteiger partial charge in [-0.1, -0.05) is 18.3 Å². The SMILES string of the molecule is CC1CCCN(c2nn3c(C(=O)NCc4ccco4)cc(=O)nc3s2)C1. The van der Waals surface area contributed by atoms with Crippen molar-refractivity contribution in [3.05, 3.63) is 46.3 Å². The van der Waals surface area contributed by atoms with Gasteiger partial charge in [-0.2, -0.15) is 9.50 Å². The molecule has 1 saturated heterocycles. The van der Waals surface area contributed by atoms with Crippen LogP contribution in [0.4, 0.5) is 5.13 Å². The highest BCUT2D eigenvalue weighted by molar-refractivity contribution is 7.20. The Hall–Kier alpha value is -2.68. The first-order chi connectivity index (χ1) is 12.6. The number of furan rings is 1. The zero-order chi connectivity index (χ0) is 18.1. The Bertz CT molecular complexity index is 978. The van der Waals surface area contributed by atoms with Crippen LogP contribution in [0.5, 0.6) is 0 Å². The van der Waals surface area contributed by atoms with E-state index in [1.165, 1.54) is 28.3 Å². The molecular weight excluding hydrogens is 354 g/mol. The van der Waals surface area contributed by atoms with Crippen molar-refractivity contribution in [3.63, 3.8) is 0 Å². The van der Waals surface area contributed by atoms with Crippen LogP contribution in [0.3, 0.4) is 0 Å². The quantitative estimate of drug-likeness (QED) is 0.751. The molecule has 1 aliphatic heterocycles. The van der Waals surface area contributed by atoms with E-state index in [-0.39, 0.29) is 18.1 Å². The molecule has 26 heavy (non-hydrogen) atoms. The summed E-state index contributed by atoms with van der Waals surface area (Å²) in [5, 5.41) is 8.09. The van der Waals surface area contributed by atoms with Crippen LogP contribution in [0.2, 0.25) is 0 Å². The van der Waals surface area contributed by atoms with E-state index in [0.717, 1.165) is 24.6 Å². The Morgan fingerprint density at radius 3 is 3.15 bits per heavy atom. The summed E-state index contributed by atoms with van der Waals surface area (Å²) < 4.78 is 6.67. The minimum Gasteiger partial charge on any atom is -0.467 e. The minimum absolute atomic E-state index is 0.180. The molecule has 0 radical (unpaired) electrons. The topological polar surface area (TPSA) is 92.7 Å². The third-order valence-corrected chi connectivity index (χ3v) is 5.38. The number of rotatable bonds is 4. The van der Waals surface area contributed by atoms with E-state index in [1.54, 1.807) is 18.4 Å². The number of carbonyl (C=O) groups is 1. The Balaban J connectivity index is 1.63. The van der Waals surface area contributed by atoms with E-state index >= 15 is 0 Å². The van der Waals surface area contributed by atoms with Crippen molar-refractivity contribution in [2.75, 3.05) is 18.0 Å². The lowest BCUT2D eigenvalue weighted by Gasteiger charge is -2.30. The first-order valence-electron chi connectivity index (χ1n) is 8.56. The summed E-state index contributed by atoms with van der Waals surface area (Å²) in [5.41, 5.74) is -0.269. The van der Waals surface area contributed by atoms with Crippen molar-refractivity contribution in [1.82, 2.24) is 19.9 Å². The highest BCUT2D eigenvalue weighted by Crippen LogP contribution is 2.27. The maximum absolute atomic E-state index is 12.6. The second kappa shape index (κ2) is 6.91. The number of piperidine rings is 1. The Morgan fingerprint density at radius 1 is 1.50 bits per heavy atom. The smallest absolute Gasteiger partial charge is 0.274 e. The van der Waals surface area contributed by atoms with Crippen LogP contribution in [0, 0.1) is 5.92 Å². The zero-order valence-corrected chi connectivity index (χ0v) is 15.2. The lowest BCUT2D eigenvalue weighted by molar-refractivity contribution is 0.0940. The predicted molar refractivity (Wildman–Crippen MR) is 97.6 cm³/mol. The van der Waals surface area contributed by atoms with Gasteiger partial charge in [0.25, 0.3) is 11.5 Å². The van der Waals surface area contributed by atoms with E-state index in [0.29, 0.717) is 16.6 Å². The fourth-order valence-electron chi connectivity index (χ4n) is 3.13. The molecule has 1 atom stereocenters. The predicted octanol–water partition coefficient (Wildman–Crippen LogP) is 1.91. The third-order valence-electron chi connectivity index (χ3n) is 4.41. The maximum atomic E-state index is 12.6. The monoisotopic (exact) mass is 373 g/mol. The number of hydrogen-bond acceptors (Lipinski definition) is 7. The number of nitrogens with one attached hydrogen (secondary N) is 1. The van der Waals surface area contributed by atoms with Gasteiger partial charge < -0.3 is 14.6 Å². The molecule has 0 aliphatic carbocycles. The fraction of sp³-hybridized carbons (Fsp3) is 0.412. The lowest BCUT2D eigenvalue weighted by Crippen LogP contribution is -2.34. The van der Waals surface area contributed by atoms with E-state index < -0.39 is 5.56 Å². The van der Waals surface area contributed by atoms with Gasteiger partial charge in [-0.25, -0.2) is 0 Å². The van der Waals surface area contributed by atoms with E-state index in [9.17, 15) is 9.59 Å². The van der Waals surface area contributed by atoms with Crippen molar-refractivity contribution >= 4 is 27.3 Å². The largest absolute Gasteiger partial charge is 0.467 e. The van der Waals surface area contributed by atoms with Gasteiger partial charge in [-0.05, 0) is 30.9 Å². The van der Waals surface area contributed by atoms with Crippen molar-refractivity contribution in [2.24, 2.45) is 5.92 Å². The highest BCUT2D eigenvalue weighted by Gasteiger charge is 2.22. The molecule has 3 aromatic heterocycles. The number of carbonyl (C=O) groups excluding carboxylic acids is 1. The zero-order valence-electron chi connectivity index (χ0n) is 14.3. The van der Waals surface area contributed by atoms with Crippen molar-refractivity contribution in [3.8, 4) is 0 Å². The molecule has 1 N–H and O–H groups in total. The molecule has 1 amide bonds. The minimum atomic E-state index is -0.449. The first-order valence-corrected chi connectivity index (χ1v) is 9.38. The Morgan fingerprint density at radius 2 is 2.38 bits per heavy atom. The summed E-state index contributed by atoms with van der Waals surface area (Å²) in [4.78, 5) is 31.1. The second-order valence-electron chi connectivity index (χ2n) is 6.51. The summed E-state index contributed by atoms with van der Waals surface area (Å²) in [6.45, 7) is 4.30. The first kappa shape index (κ1) is 16.8. The van der Waals surface area contributed by atoms with E-state index in [2.05, 4.69) is 27.2 Å². The van der Waals surface area contributed by atoms with Crippen LogP contribution < -0.4 is 15.8 Å². The number of anilines is 1. The Labute approximate surface area is 153 Å². The van der Waals surface area contributed by atoms with Gasteiger partial charge in [0.05, 0.1) is 12.8 Å². The summed E-state index contributed by atoms with van der Waals surface area (Å²) in [5.74, 6) is 0.844. The normalized spacial score (nSPS) is 17.6. The van der Waals surface area contributed by atoms with Gasteiger partial charge in [0, 0.05) is 19.2 Å². The van der Waals surface area contributed by atoms with Crippen LogP contribution in [-0.4, -0.2) is 33.6 Å². The molecule has 1 fully saturated rings. The van der Waals surface area contributed by atoms with Crippen molar-refractivity contribution in [1.29, 1.82) is 0 Å². The summed E-state index contributed by atoms with van der Waals surface area (Å²) in [6, 6.07) is 4.74. The molecule has 0 spiro atoms. The summed E-state index contributed by atoms with van der Waals surface area (Å²) in [7, 11) is 0. The fourth-order valence-corrected chi connectivity index (χ4v) is 4.07. The molecule has 0 aromatic carbocycles. The molecule has 1 unspecified atom stereocenters. The molecule has 1 aliphatic rings. The van der Waals surface area contributed by atoms with Gasteiger partial charge in [0.2, 0.25) is 10.1 Å². The molecule has 136 valence electrons. The molecule has 0 bridgehead atoms. The van der Waals surface area contributed by atoms with Gasteiger partial charge in [0.15, 0.2) is 0 Å². The van der Waals surface area contributed by atoms with Crippen LogP contribution in [0.25, 0.3) is 4.96 Å². The standard InChI is InChI=1S/C17H19N5O3S/c1-11-4-2-6-21(10-11)17-20-22-13(8-14(23)19-16(22)26-17)15(24)18-9-12-5-3-7-25-12/h3,5,7-8,11H,2,4,6,9-10H2,1H3,(H,18,24). The number of aromatic nitrogens is 3. The molecular formula is C17H19N5O3S. The van der Waals surface area contributed by atoms with Gasteiger partial charge in [-0.15, -0.1) is 5.10 Å². The van der Waals surface area contributed by atoms with Crippen LogP contribution in [0.15, 0.2) is 33.7 Å². The van der Waals surface area contributed by atoms with Crippen molar-refractivity contribution < 1.29 is 9.21 Å². The average molecular weight is 373 g/mol. The molecule has 4 rings (SSSR count). The third kappa shape index (κ3) is 3.34. The molecule has 3 aromatic rings. The lowest BCUT2D eigenvalue weighted by atomic mass is 10.0. The molecule has 8 nitrogen and oxygen atoms in total. The number of hydrogen-bond donors (Lipinski definition) is 1. The molecule has 0 saturated carbocycles. The van der Waals surface area contributed by atoms with Crippen LogP contribution in [-0.2, 0) is 6.54 Å². The maximum Gasteiger partial charge on any atom is 0.274 e. The average Bonchev–Trinajstić information content (AvgIpc) is 3.28. The van der Waals surface area contributed by atoms with Gasteiger partial charge in [-0.3, -0.25) is 9.59 Å². The highest BCUT2D eigenvalue weighted by atomic mass is 32.1. The van der Waals surface area contributed by atoms with Crippen LogP contribution >= 0.6 is 11.3 Å². The van der Waals surface area contributed by atoms with Gasteiger partial charge >= 0.3 is 0 Å². The molecule has 4 heterocycles. The van der Waals surface area contributed by atoms with Crippen LogP contribution in [0.1, 0.15) is 36.0 Å². The second-order valence-corrected chi connectivity index (χ2v) is 7.45.